The lowest BCUT2D eigenvalue weighted by molar-refractivity contribution is 0.0528. The Morgan fingerprint density at radius 1 is 1.25 bits per heavy atom. The molecule has 150 valence electrons. The fourth-order valence-corrected chi connectivity index (χ4v) is 5.51. The smallest absolute Gasteiger partial charge is 0.341 e. The van der Waals surface area contributed by atoms with E-state index in [1.54, 1.807) is 37.3 Å². The molecule has 1 aromatic carbocycles. The largest absolute Gasteiger partial charge is 0.462 e. The number of sulfonamides is 1. The van der Waals surface area contributed by atoms with Crippen molar-refractivity contribution < 1.29 is 22.7 Å². The van der Waals surface area contributed by atoms with Gasteiger partial charge >= 0.3 is 5.97 Å². The summed E-state index contributed by atoms with van der Waals surface area (Å²) in [5, 5.41) is 3.20. The lowest BCUT2D eigenvalue weighted by Gasteiger charge is -2.17. The maximum Gasteiger partial charge on any atom is 0.341 e. The molecule has 0 spiro atoms. The molecule has 0 atom stereocenters. The summed E-state index contributed by atoms with van der Waals surface area (Å²) in [6, 6.07) is 8.21. The first-order valence-corrected chi connectivity index (χ1v) is 11.5. The van der Waals surface area contributed by atoms with Gasteiger partial charge in [0.15, 0.2) is 0 Å². The fourth-order valence-electron chi connectivity index (χ4n) is 2.98. The Bertz CT molecular complexity index is 998. The van der Waals surface area contributed by atoms with E-state index in [9.17, 15) is 18.0 Å². The number of anilines is 2. The van der Waals surface area contributed by atoms with Crippen LogP contribution < -0.4 is 9.62 Å². The number of nitrogens with zero attached hydrogens (tertiary/aromatic N) is 1. The quantitative estimate of drug-likeness (QED) is 0.721. The first-order valence-electron chi connectivity index (χ1n) is 9.07. The Morgan fingerprint density at radius 2 is 2.04 bits per heavy atom. The molecule has 7 nitrogen and oxygen atoms in total. The molecule has 1 N–H and O–H groups in total. The van der Waals surface area contributed by atoms with Gasteiger partial charge in [-0.1, -0.05) is 13.0 Å². The summed E-state index contributed by atoms with van der Waals surface area (Å²) >= 11 is 1.33. The highest BCUT2D eigenvalue weighted by molar-refractivity contribution is 7.93. The van der Waals surface area contributed by atoms with E-state index in [2.05, 4.69) is 5.32 Å². The molecule has 9 heteroatoms. The summed E-state index contributed by atoms with van der Waals surface area (Å²) in [5.41, 5.74) is 1.12. The molecule has 3 rings (SSSR count). The first-order chi connectivity index (χ1) is 13.4. The third-order valence-corrected chi connectivity index (χ3v) is 7.41. The lowest BCUT2D eigenvalue weighted by atomic mass is 10.2. The normalized spacial score (nSPS) is 15.4. The van der Waals surface area contributed by atoms with Crippen molar-refractivity contribution in [2.24, 2.45) is 0 Å². The number of benzene rings is 1. The van der Waals surface area contributed by atoms with Gasteiger partial charge in [0.2, 0.25) is 10.0 Å². The molecule has 2 aromatic rings. The molecular weight excluding hydrogens is 400 g/mol. The summed E-state index contributed by atoms with van der Waals surface area (Å²) in [5.74, 6) is -0.777. The van der Waals surface area contributed by atoms with Crippen LogP contribution in [0.2, 0.25) is 0 Å². The molecule has 1 amide bonds. The van der Waals surface area contributed by atoms with Crippen LogP contribution in [0.1, 0.15) is 45.9 Å². The maximum absolute atomic E-state index is 12.7. The van der Waals surface area contributed by atoms with Gasteiger partial charge in [-0.05, 0) is 44.0 Å². The number of carbonyl (C=O) groups excluding carboxylic acids is 2. The zero-order valence-corrected chi connectivity index (χ0v) is 17.4. The molecular formula is C19H22N2O5S2. The molecule has 2 heterocycles. The van der Waals surface area contributed by atoms with Crippen LogP contribution in [0.4, 0.5) is 10.7 Å². The van der Waals surface area contributed by atoms with Crippen LogP contribution in [0.5, 0.6) is 0 Å². The predicted molar refractivity (Wildman–Crippen MR) is 110 cm³/mol. The van der Waals surface area contributed by atoms with E-state index in [0.717, 1.165) is 11.3 Å². The van der Waals surface area contributed by atoms with Gasteiger partial charge in [-0.15, -0.1) is 11.3 Å². The van der Waals surface area contributed by atoms with Crippen molar-refractivity contribution in [1.29, 1.82) is 0 Å². The highest BCUT2D eigenvalue weighted by Gasteiger charge is 2.29. The second-order valence-corrected chi connectivity index (χ2v) is 9.43. The fraction of sp³-hybridized carbons (Fsp3) is 0.368. The minimum atomic E-state index is -3.32. The van der Waals surface area contributed by atoms with Gasteiger partial charge in [0.25, 0.3) is 5.91 Å². The van der Waals surface area contributed by atoms with E-state index in [1.165, 1.54) is 15.6 Å². The molecule has 1 fully saturated rings. The molecule has 1 aliphatic rings. The number of carbonyl (C=O) groups is 2. The number of ether oxygens (including phenoxy) is 1. The maximum atomic E-state index is 12.7. The minimum absolute atomic E-state index is 0.112. The number of amides is 1. The van der Waals surface area contributed by atoms with Crippen LogP contribution in [-0.2, 0) is 21.2 Å². The van der Waals surface area contributed by atoms with Crippen molar-refractivity contribution in [1.82, 2.24) is 0 Å². The topological polar surface area (TPSA) is 92.8 Å². The Kier molecular flexibility index (Phi) is 6.04. The van der Waals surface area contributed by atoms with E-state index in [-0.39, 0.29) is 12.4 Å². The Morgan fingerprint density at radius 3 is 2.68 bits per heavy atom. The summed E-state index contributed by atoms with van der Waals surface area (Å²) in [6.45, 7) is 4.34. The van der Waals surface area contributed by atoms with E-state index >= 15 is 0 Å². The molecule has 0 aliphatic carbocycles. The predicted octanol–water partition coefficient (Wildman–Crippen LogP) is 3.28. The highest BCUT2D eigenvalue weighted by atomic mass is 32.2. The summed E-state index contributed by atoms with van der Waals surface area (Å²) in [4.78, 5) is 25.9. The van der Waals surface area contributed by atoms with Gasteiger partial charge < -0.3 is 10.1 Å². The molecule has 1 aromatic heterocycles. The van der Waals surface area contributed by atoms with Crippen LogP contribution in [-0.4, -0.2) is 39.2 Å². The second-order valence-electron chi connectivity index (χ2n) is 6.28. The Hall–Kier alpha value is -2.39. The van der Waals surface area contributed by atoms with Gasteiger partial charge in [0.05, 0.1) is 23.6 Å². The van der Waals surface area contributed by atoms with Crippen molar-refractivity contribution in [3.05, 3.63) is 46.3 Å². The zero-order valence-electron chi connectivity index (χ0n) is 15.7. The third-order valence-electron chi connectivity index (χ3n) is 4.35. The Balaban J connectivity index is 1.85. The van der Waals surface area contributed by atoms with Gasteiger partial charge in [-0.25, -0.2) is 13.2 Å². The van der Waals surface area contributed by atoms with E-state index in [0.29, 0.717) is 34.8 Å². The van der Waals surface area contributed by atoms with E-state index < -0.39 is 21.9 Å². The first kappa shape index (κ1) is 20.3. The number of esters is 1. The van der Waals surface area contributed by atoms with Crippen LogP contribution >= 0.6 is 11.3 Å². The minimum Gasteiger partial charge on any atom is -0.462 e. The number of hydrogen-bond acceptors (Lipinski definition) is 6. The molecule has 0 bridgehead atoms. The zero-order chi connectivity index (χ0) is 20.3. The molecule has 28 heavy (non-hydrogen) atoms. The summed E-state index contributed by atoms with van der Waals surface area (Å²) < 4.78 is 30.6. The third kappa shape index (κ3) is 4.20. The summed E-state index contributed by atoms with van der Waals surface area (Å²) in [6.07, 6.45) is 1.30. The molecule has 1 aliphatic heterocycles. The van der Waals surface area contributed by atoms with Crippen molar-refractivity contribution in [2.45, 2.75) is 26.7 Å². The van der Waals surface area contributed by atoms with Gasteiger partial charge in [-0.2, -0.15) is 0 Å². The SMILES string of the molecule is CCOC(=O)c1cc(CC)sc1NC(=O)c1cccc(N2CCCS2(=O)=O)c1. The average Bonchev–Trinajstić information content (AvgIpc) is 3.24. The Labute approximate surface area is 168 Å². The second kappa shape index (κ2) is 8.32. The number of hydrogen-bond donors (Lipinski definition) is 1. The van der Waals surface area contributed by atoms with Crippen LogP contribution in [0.15, 0.2) is 30.3 Å². The summed E-state index contributed by atoms with van der Waals surface area (Å²) in [7, 11) is -3.32. The number of nitrogens with one attached hydrogen (secondary N) is 1. The van der Waals surface area contributed by atoms with Crippen molar-refractivity contribution >= 4 is 43.9 Å². The highest BCUT2D eigenvalue weighted by Crippen LogP contribution is 2.30. The number of rotatable bonds is 6. The lowest BCUT2D eigenvalue weighted by Crippen LogP contribution is -2.25. The van der Waals surface area contributed by atoms with Crippen LogP contribution in [0.25, 0.3) is 0 Å². The van der Waals surface area contributed by atoms with Crippen molar-refractivity contribution in [3.8, 4) is 0 Å². The van der Waals surface area contributed by atoms with Gasteiger partial charge in [-0.3, -0.25) is 9.10 Å². The van der Waals surface area contributed by atoms with Crippen molar-refractivity contribution in [3.63, 3.8) is 0 Å². The molecule has 0 saturated carbocycles. The molecule has 0 unspecified atom stereocenters. The molecule has 1 saturated heterocycles. The van der Waals surface area contributed by atoms with E-state index in [1.807, 2.05) is 6.92 Å². The van der Waals surface area contributed by atoms with E-state index in [4.69, 9.17) is 4.74 Å². The van der Waals surface area contributed by atoms with Crippen molar-refractivity contribution in [2.75, 3.05) is 28.5 Å². The van der Waals surface area contributed by atoms with Gasteiger partial charge in [0.1, 0.15) is 5.00 Å². The monoisotopic (exact) mass is 422 g/mol. The van der Waals surface area contributed by atoms with Crippen LogP contribution in [0.3, 0.4) is 0 Å². The number of thiophene rings is 1. The van der Waals surface area contributed by atoms with Gasteiger partial charge in [0, 0.05) is 17.0 Å². The van der Waals surface area contributed by atoms with Crippen LogP contribution in [0, 0.1) is 0 Å². The average molecular weight is 423 g/mol. The molecule has 0 radical (unpaired) electrons. The number of aryl methyl sites for hydroxylation is 1. The standard InChI is InChI=1S/C19H22N2O5S2/c1-3-15-12-16(19(23)26-4-2)18(27-15)20-17(22)13-7-5-8-14(11-13)21-9-6-10-28(21,24)25/h5,7-8,11-12H,3-4,6,9-10H2,1-2H3,(H,20,22).